The topological polar surface area (TPSA) is 54.4 Å². The van der Waals surface area contributed by atoms with Crippen LogP contribution < -0.4 is 0 Å². The number of aromatic hydroxyl groups is 1. The number of rotatable bonds is 2. The molecule has 1 aromatic carbocycles. The fraction of sp³-hybridized carbons (Fsp3) is 0.400. The van der Waals surface area contributed by atoms with Gasteiger partial charge >= 0.3 is 0 Å². The highest BCUT2D eigenvalue weighted by Gasteiger charge is 2.21. The number of benzene rings is 1. The highest BCUT2D eigenvalue weighted by molar-refractivity contribution is 8.13. The molecule has 0 amide bonds. The molecule has 1 aliphatic carbocycles. The predicted octanol–water partition coefficient (Wildman–Crippen LogP) is 1.95. The van der Waals surface area contributed by atoms with E-state index in [4.69, 9.17) is 10.7 Å². The van der Waals surface area contributed by atoms with Crippen molar-refractivity contribution in [3.63, 3.8) is 0 Å². The summed E-state index contributed by atoms with van der Waals surface area (Å²) >= 11 is 0. The van der Waals surface area contributed by atoms with Gasteiger partial charge in [0.15, 0.2) is 0 Å². The Hall–Kier alpha value is -0.740. The normalized spacial score (nSPS) is 15.3. The molecule has 0 saturated heterocycles. The van der Waals surface area contributed by atoms with Crippen molar-refractivity contribution in [2.75, 3.05) is 0 Å². The summed E-state index contributed by atoms with van der Waals surface area (Å²) in [4.78, 5) is 0. The standard InChI is InChI=1S/C10H11ClO3S/c11-15(13,14)6-9-8-3-1-2-7(8)4-5-10(9)12/h4-5,12H,1-3,6H2. The van der Waals surface area contributed by atoms with E-state index in [1.807, 2.05) is 6.07 Å². The van der Waals surface area contributed by atoms with E-state index in [2.05, 4.69) is 0 Å². The number of phenols is 1. The maximum atomic E-state index is 11.0. The van der Waals surface area contributed by atoms with Crippen molar-refractivity contribution in [1.29, 1.82) is 0 Å². The zero-order chi connectivity index (χ0) is 11.1. The molecule has 0 unspecified atom stereocenters. The molecule has 5 heteroatoms. The van der Waals surface area contributed by atoms with E-state index in [0.29, 0.717) is 5.56 Å². The number of fused-ring (bicyclic) bond motifs is 1. The molecule has 0 aromatic heterocycles. The van der Waals surface area contributed by atoms with Crippen LogP contribution in [0.1, 0.15) is 23.1 Å². The second kappa shape index (κ2) is 3.68. The van der Waals surface area contributed by atoms with Crippen LogP contribution in [0, 0.1) is 0 Å². The van der Waals surface area contributed by atoms with Crippen LogP contribution in [0.15, 0.2) is 12.1 Å². The molecule has 0 aliphatic heterocycles. The van der Waals surface area contributed by atoms with Gasteiger partial charge in [0.05, 0.1) is 5.75 Å². The summed E-state index contributed by atoms with van der Waals surface area (Å²) in [6.45, 7) is 0. The molecule has 82 valence electrons. The molecular weight excluding hydrogens is 236 g/mol. The van der Waals surface area contributed by atoms with Gasteiger partial charge in [-0.1, -0.05) is 6.07 Å². The van der Waals surface area contributed by atoms with Crippen LogP contribution in [0.5, 0.6) is 5.75 Å². The quantitative estimate of drug-likeness (QED) is 0.812. The first kappa shape index (κ1) is 10.8. The fourth-order valence-corrected chi connectivity index (χ4v) is 3.06. The second-order valence-electron chi connectivity index (χ2n) is 3.74. The Morgan fingerprint density at radius 2 is 2.07 bits per heavy atom. The Kier molecular flexibility index (Phi) is 2.64. The molecule has 0 spiro atoms. The molecule has 1 N–H and O–H groups in total. The van der Waals surface area contributed by atoms with E-state index in [0.717, 1.165) is 30.4 Å². The summed E-state index contributed by atoms with van der Waals surface area (Å²) in [6.07, 6.45) is 2.78. The minimum Gasteiger partial charge on any atom is -0.508 e. The minimum atomic E-state index is -3.61. The molecule has 2 rings (SSSR count). The molecule has 0 bridgehead atoms. The molecule has 15 heavy (non-hydrogen) atoms. The van der Waals surface area contributed by atoms with Crippen molar-refractivity contribution in [3.05, 3.63) is 28.8 Å². The smallest absolute Gasteiger partial charge is 0.236 e. The fourth-order valence-electron chi connectivity index (χ4n) is 2.06. The number of phenolic OH excluding ortho intramolecular Hbond substituents is 1. The van der Waals surface area contributed by atoms with Gasteiger partial charge in [-0.05, 0) is 36.5 Å². The Balaban J connectivity index is 2.50. The zero-order valence-corrected chi connectivity index (χ0v) is 9.61. The molecule has 1 aliphatic rings. The van der Waals surface area contributed by atoms with E-state index in [1.54, 1.807) is 6.07 Å². The van der Waals surface area contributed by atoms with Gasteiger partial charge in [0.1, 0.15) is 5.75 Å². The number of halogens is 1. The first-order valence-corrected chi connectivity index (χ1v) is 7.20. The van der Waals surface area contributed by atoms with Gasteiger partial charge < -0.3 is 5.11 Å². The lowest BCUT2D eigenvalue weighted by atomic mass is 10.0. The maximum Gasteiger partial charge on any atom is 0.236 e. The summed E-state index contributed by atoms with van der Waals surface area (Å²) in [6, 6.07) is 3.39. The number of hydrogen-bond acceptors (Lipinski definition) is 3. The van der Waals surface area contributed by atoms with Gasteiger partial charge in [0.2, 0.25) is 9.05 Å². The second-order valence-corrected chi connectivity index (χ2v) is 6.51. The summed E-state index contributed by atoms with van der Waals surface area (Å²) in [5, 5.41) is 9.61. The highest BCUT2D eigenvalue weighted by Crippen LogP contribution is 2.32. The Morgan fingerprint density at radius 1 is 1.33 bits per heavy atom. The van der Waals surface area contributed by atoms with Crippen molar-refractivity contribution in [2.45, 2.75) is 25.0 Å². The molecule has 0 fully saturated rings. The molecule has 0 atom stereocenters. The zero-order valence-electron chi connectivity index (χ0n) is 8.03. The Labute approximate surface area is 93.1 Å². The maximum absolute atomic E-state index is 11.0. The van der Waals surface area contributed by atoms with Crippen LogP contribution in [0.3, 0.4) is 0 Å². The van der Waals surface area contributed by atoms with Crippen LogP contribution in [0.4, 0.5) is 0 Å². The van der Waals surface area contributed by atoms with Gasteiger partial charge in [0.25, 0.3) is 0 Å². The molecule has 0 radical (unpaired) electrons. The third kappa shape index (κ3) is 2.26. The molecule has 0 heterocycles. The molecular formula is C10H11ClO3S. The molecule has 1 aromatic rings. The lowest BCUT2D eigenvalue weighted by Crippen LogP contribution is -2.00. The van der Waals surface area contributed by atoms with E-state index in [-0.39, 0.29) is 11.5 Å². The van der Waals surface area contributed by atoms with Gasteiger partial charge in [-0.25, -0.2) is 8.42 Å². The van der Waals surface area contributed by atoms with Crippen molar-refractivity contribution >= 4 is 19.7 Å². The van der Waals surface area contributed by atoms with Crippen LogP contribution in [0.25, 0.3) is 0 Å². The van der Waals surface area contributed by atoms with Crippen molar-refractivity contribution < 1.29 is 13.5 Å². The monoisotopic (exact) mass is 246 g/mol. The van der Waals surface area contributed by atoms with Crippen LogP contribution in [0.2, 0.25) is 0 Å². The lowest BCUT2D eigenvalue weighted by Gasteiger charge is -2.08. The Morgan fingerprint density at radius 3 is 2.73 bits per heavy atom. The summed E-state index contributed by atoms with van der Waals surface area (Å²) < 4.78 is 22.0. The first-order chi connectivity index (χ1) is 6.97. The van der Waals surface area contributed by atoms with Crippen molar-refractivity contribution in [1.82, 2.24) is 0 Å². The summed E-state index contributed by atoms with van der Waals surface area (Å²) in [5.41, 5.74) is 2.56. The van der Waals surface area contributed by atoms with E-state index in [1.165, 1.54) is 0 Å². The van der Waals surface area contributed by atoms with Gasteiger partial charge in [-0.2, -0.15) is 0 Å². The predicted molar refractivity (Wildman–Crippen MR) is 58.6 cm³/mol. The minimum absolute atomic E-state index is 0.0277. The highest BCUT2D eigenvalue weighted by atomic mass is 35.7. The average Bonchev–Trinajstić information content (AvgIpc) is 2.56. The van der Waals surface area contributed by atoms with E-state index >= 15 is 0 Å². The molecule has 0 saturated carbocycles. The van der Waals surface area contributed by atoms with Crippen molar-refractivity contribution in [3.8, 4) is 5.75 Å². The largest absolute Gasteiger partial charge is 0.508 e. The van der Waals surface area contributed by atoms with E-state index < -0.39 is 9.05 Å². The Bertz CT molecular complexity index is 494. The number of aryl methyl sites for hydroxylation is 1. The van der Waals surface area contributed by atoms with Gasteiger partial charge in [0, 0.05) is 16.2 Å². The summed E-state index contributed by atoms with van der Waals surface area (Å²) in [7, 11) is 1.59. The van der Waals surface area contributed by atoms with Crippen molar-refractivity contribution in [2.24, 2.45) is 0 Å². The third-order valence-electron chi connectivity index (χ3n) is 2.69. The van der Waals surface area contributed by atoms with Crippen LogP contribution >= 0.6 is 10.7 Å². The number of hydrogen-bond donors (Lipinski definition) is 1. The van der Waals surface area contributed by atoms with Crippen LogP contribution in [-0.2, 0) is 27.6 Å². The molecule has 3 nitrogen and oxygen atoms in total. The van der Waals surface area contributed by atoms with E-state index in [9.17, 15) is 13.5 Å². The third-order valence-corrected chi connectivity index (χ3v) is 3.65. The summed E-state index contributed by atoms with van der Waals surface area (Å²) in [5.74, 6) is -0.260. The lowest BCUT2D eigenvalue weighted by molar-refractivity contribution is 0.469. The van der Waals surface area contributed by atoms with Gasteiger partial charge in [-0.15, -0.1) is 0 Å². The SMILES string of the molecule is O=S(=O)(Cl)Cc1c(O)ccc2c1CCC2. The average molecular weight is 247 g/mol. The first-order valence-electron chi connectivity index (χ1n) is 4.72. The van der Waals surface area contributed by atoms with Crippen LogP contribution in [-0.4, -0.2) is 13.5 Å². The van der Waals surface area contributed by atoms with Gasteiger partial charge in [-0.3, -0.25) is 0 Å².